The van der Waals surface area contributed by atoms with Gasteiger partial charge in [0, 0.05) is 0 Å². The molecule has 2 atom stereocenters. The molecule has 0 aliphatic heterocycles. The van der Waals surface area contributed by atoms with E-state index < -0.39 is 21.5 Å². The van der Waals surface area contributed by atoms with E-state index in [1.807, 2.05) is 0 Å². The van der Waals surface area contributed by atoms with E-state index in [-0.39, 0.29) is 7.25 Å². The Balaban J connectivity index is 1.22. The van der Waals surface area contributed by atoms with Crippen LogP contribution in [0.1, 0.15) is 156 Å². The molecule has 0 saturated heterocycles. The van der Waals surface area contributed by atoms with Gasteiger partial charge in [0.1, 0.15) is 0 Å². The molecule has 4 aromatic rings. The molecule has 4 heteroatoms. The van der Waals surface area contributed by atoms with Crippen LogP contribution in [0.15, 0.2) is 96.1 Å². The third kappa shape index (κ3) is 6.90. The van der Waals surface area contributed by atoms with Gasteiger partial charge in [-0.25, -0.2) is 0 Å². The molecule has 2 saturated carbocycles. The average Bonchev–Trinajstić information content (AvgIpc) is 3.78. The monoisotopic (exact) mass is 849 g/mol. The Bertz CT molecular complexity index is 1890. The summed E-state index contributed by atoms with van der Waals surface area (Å²) in [6.07, 6.45) is 23.0. The van der Waals surface area contributed by atoms with Gasteiger partial charge in [0.2, 0.25) is 0 Å². The maximum atomic E-state index is 8.82. The van der Waals surface area contributed by atoms with Crippen molar-refractivity contribution in [3.8, 4) is 22.3 Å². The Morgan fingerprint density at radius 3 is 1.28 bits per heavy atom. The molecule has 0 radical (unpaired) electrons. The van der Waals surface area contributed by atoms with Crippen LogP contribution < -0.4 is 0 Å². The molecule has 0 aromatic heterocycles. The van der Waals surface area contributed by atoms with Crippen LogP contribution in [0.2, 0.25) is 13.1 Å². The molecule has 0 spiro atoms. The Hall–Kier alpha value is -1.96. The minimum atomic E-state index is -4.85. The van der Waals surface area contributed by atoms with Crippen LogP contribution in [-0.2, 0) is 15.6 Å². The molecular formula is C50H61Cl2SiZr. The van der Waals surface area contributed by atoms with Crippen LogP contribution in [0.3, 0.4) is 0 Å². The number of benzene rings is 4. The van der Waals surface area contributed by atoms with Gasteiger partial charge in [-0.3, -0.25) is 0 Å². The van der Waals surface area contributed by atoms with E-state index in [0.717, 1.165) is 25.7 Å². The first-order valence-electron chi connectivity index (χ1n) is 21.7. The number of halogens is 2. The van der Waals surface area contributed by atoms with Crippen molar-refractivity contribution in [2.45, 2.75) is 136 Å². The molecule has 2 unspecified atom stereocenters. The van der Waals surface area contributed by atoms with Crippen LogP contribution >= 0.6 is 17.0 Å². The van der Waals surface area contributed by atoms with Gasteiger partial charge < -0.3 is 0 Å². The van der Waals surface area contributed by atoms with Crippen molar-refractivity contribution in [2.75, 3.05) is 0 Å². The molecule has 0 amide bonds. The van der Waals surface area contributed by atoms with Crippen LogP contribution in [0, 0.1) is 0 Å². The summed E-state index contributed by atoms with van der Waals surface area (Å²) in [5.74, 6) is -0.200. The predicted molar refractivity (Wildman–Crippen MR) is 237 cm³/mol. The fraction of sp³-hybridized carbons (Fsp3) is 0.440. The van der Waals surface area contributed by atoms with Gasteiger partial charge >= 0.3 is 338 Å². The fourth-order valence-electron chi connectivity index (χ4n) is 11.3. The maximum absolute atomic E-state index is 8.82. The summed E-state index contributed by atoms with van der Waals surface area (Å²) in [5.41, 5.74) is 16.9. The number of hydrogen-bond acceptors (Lipinski definition) is 0. The minimum absolute atomic E-state index is 0.132. The molecule has 4 aromatic carbocycles. The number of fused-ring (bicyclic) bond motifs is 2. The molecule has 0 nitrogen and oxygen atoms in total. The second-order valence-electron chi connectivity index (χ2n) is 17.7. The number of allylic oxidation sites excluding steroid dienone is 2. The molecule has 0 heterocycles. The zero-order valence-corrected chi connectivity index (χ0v) is 38.4. The summed E-state index contributed by atoms with van der Waals surface area (Å²) < 4.78 is 0.264. The Kier molecular flexibility index (Phi) is 11.6. The van der Waals surface area contributed by atoms with Gasteiger partial charge in [-0.15, -0.1) is 0 Å². The van der Waals surface area contributed by atoms with Gasteiger partial charge in [0.05, 0.1) is 0 Å². The average molecular weight is 852 g/mol. The molecule has 4 aliphatic carbocycles. The standard InChI is InChI=1S/2C24H27.C2H7Si.2ClH.Zr/c2*1-2-7-18-16-22-10-6-11-23(24(22)17-18)21-14-12-20(13-15-21)19-8-4-3-5-9-19;1-3-2;;;/h2*6,10-17,19H,2-5,7-9H2,1H3;3H,1-2H3;2*1H;/q;;;;;+2/p-2. The summed E-state index contributed by atoms with van der Waals surface area (Å²) >= 11 is -4.85. The summed E-state index contributed by atoms with van der Waals surface area (Å²) in [6, 6.07) is 33.3. The van der Waals surface area contributed by atoms with Gasteiger partial charge in [-0.05, 0) is 0 Å². The first-order chi connectivity index (χ1) is 26.2. The zero-order chi connectivity index (χ0) is 37.5. The number of rotatable bonds is 11. The fourth-order valence-corrected chi connectivity index (χ4v) is 42.8. The molecule has 8 rings (SSSR count). The van der Waals surface area contributed by atoms with Crippen LogP contribution in [0.5, 0.6) is 0 Å². The van der Waals surface area contributed by atoms with Crippen molar-refractivity contribution in [1.29, 1.82) is 0 Å². The topological polar surface area (TPSA) is 0 Å². The van der Waals surface area contributed by atoms with E-state index in [1.165, 1.54) is 131 Å². The van der Waals surface area contributed by atoms with Crippen LogP contribution in [-0.4, -0.2) is 5.92 Å². The normalized spacial score (nSPS) is 21.4. The second kappa shape index (κ2) is 16.1. The third-order valence-electron chi connectivity index (χ3n) is 14.2. The number of hydrogen-bond donors (Lipinski definition) is 0. The first kappa shape index (κ1) is 38.9. The molecular weight excluding hydrogens is 791 g/mol. The molecule has 2 fully saturated rings. The van der Waals surface area contributed by atoms with E-state index >= 15 is 0 Å². The van der Waals surface area contributed by atoms with Crippen molar-refractivity contribution in [3.63, 3.8) is 0 Å². The predicted octanol–water partition coefficient (Wildman–Crippen LogP) is 16.3. The van der Waals surface area contributed by atoms with E-state index in [0.29, 0.717) is 11.8 Å². The van der Waals surface area contributed by atoms with Crippen LogP contribution in [0.4, 0.5) is 0 Å². The molecule has 54 heavy (non-hydrogen) atoms. The van der Waals surface area contributed by atoms with Gasteiger partial charge in [0.15, 0.2) is 0 Å². The van der Waals surface area contributed by atoms with Crippen molar-refractivity contribution in [3.05, 3.63) is 129 Å². The third-order valence-corrected chi connectivity index (χ3v) is 66.0. The van der Waals surface area contributed by atoms with E-state index in [4.69, 9.17) is 17.0 Å². The van der Waals surface area contributed by atoms with Gasteiger partial charge in [-0.1, -0.05) is 0 Å². The van der Waals surface area contributed by atoms with Crippen molar-refractivity contribution in [1.82, 2.24) is 0 Å². The quantitative estimate of drug-likeness (QED) is 0.132. The van der Waals surface area contributed by atoms with Gasteiger partial charge in [-0.2, -0.15) is 0 Å². The zero-order valence-electron chi connectivity index (χ0n) is 33.3. The first-order valence-corrected chi connectivity index (χ1v) is 38.0. The second-order valence-corrected chi connectivity index (χ2v) is 60.2. The van der Waals surface area contributed by atoms with E-state index in [2.05, 4.69) is 124 Å². The van der Waals surface area contributed by atoms with Crippen molar-refractivity contribution >= 4 is 35.1 Å². The summed E-state index contributed by atoms with van der Waals surface area (Å²) in [7, 11) is 17.6. The molecule has 4 aliphatic rings. The van der Waals surface area contributed by atoms with E-state index in [1.54, 1.807) is 0 Å². The van der Waals surface area contributed by atoms with Crippen LogP contribution in [0.25, 0.3) is 34.4 Å². The van der Waals surface area contributed by atoms with Crippen molar-refractivity contribution in [2.24, 2.45) is 0 Å². The summed E-state index contributed by atoms with van der Waals surface area (Å²) in [6.45, 7) is 9.64. The molecule has 0 N–H and O–H groups in total. The summed E-state index contributed by atoms with van der Waals surface area (Å²) in [5, 5.41) is 0. The molecule has 0 bridgehead atoms. The Labute approximate surface area is 335 Å². The Morgan fingerprint density at radius 2 is 0.926 bits per heavy atom. The van der Waals surface area contributed by atoms with E-state index in [9.17, 15) is 0 Å². The summed E-state index contributed by atoms with van der Waals surface area (Å²) in [4.78, 5) is 0. The van der Waals surface area contributed by atoms with Gasteiger partial charge in [0.25, 0.3) is 0 Å². The SMILES string of the molecule is CCCC1=Cc2c(-c3ccc(C4CCCCC4)cc3)cccc2[CH]1[Zr]([Cl])([Cl])([CH]1C(CCC)=Cc2c(-c3ccc(C4CCCCC4)cc3)cccc21)[SiH](C)C. The van der Waals surface area contributed by atoms with Crippen molar-refractivity contribution < 1.29 is 15.6 Å². The molecule has 283 valence electrons. The Morgan fingerprint density at radius 1 is 0.537 bits per heavy atom.